The quantitative estimate of drug-likeness (QED) is 0.908. The molecule has 4 heteroatoms. The summed E-state index contributed by atoms with van der Waals surface area (Å²) in [7, 11) is 1.64. The van der Waals surface area contributed by atoms with E-state index in [0.29, 0.717) is 6.42 Å². The van der Waals surface area contributed by atoms with E-state index in [9.17, 15) is 4.79 Å². The van der Waals surface area contributed by atoms with Crippen LogP contribution in [0.1, 0.15) is 26.7 Å². The Balaban J connectivity index is 2.24. The molecule has 3 nitrogen and oxygen atoms in total. The molecule has 1 aromatic rings. The van der Waals surface area contributed by atoms with Gasteiger partial charge in [-0.15, -0.1) is 0 Å². The molecule has 0 atom stereocenters. The van der Waals surface area contributed by atoms with Crippen molar-refractivity contribution in [2.75, 3.05) is 12.4 Å². The van der Waals surface area contributed by atoms with Gasteiger partial charge in [-0.25, -0.2) is 0 Å². The number of carbonyl (C=O) groups excluding carboxylic acids is 1. The summed E-state index contributed by atoms with van der Waals surface area (Å²) in [6, 6.07) is 5.77. The number of ether oxygens (including phenoxy) is 1. The first-order valence-electron chi connectivity index (χ1n) is 6.24. The van der Waals surface area contributed by atoms with Crippen LogP contribution in [-0.2, 0) is 4.79 Å². The minimum absolute atomic E-state index is 0.0134. The number of allylic oxidation sites excluding steroid dienone is 2. The third-order valence-corrected chi connectivity index (χ3v) is 3.95. The van der Waals surface area contributed by atoms with Crippen LogP contribution in [0, 0.1) is 5.41 Å². The Hall–Kier alpha value is -1.29. The summed E-state index contributed by atoms with van der Waals surface area (Å²) in [6.07, 6.45) is 3.18. The minimum atomic E-state index is 0.0134. The SMILES string of the molecule is COc1cccc(NC2=CC(=O)CC(C)(C)C2)c1Br. The lowest BCUT2D eigenvalue weighted by Gasteiger charge is -2.29. The first-order chi connectivity index (χ1) is 8.91. The second kappa shape index (κ2) is 5.37. The highest BCUT2D eigenvalue weighted by Gasteiger charge is 2.27. The molecule has 1 aromatic carbocycles. The van der Waals surface area contributed by atoms with E-state index in [4.69, 9.17) is 4.74 Å². The average molecular weight is 324 g/mol. The predicted octanol–water partition coefficient (Wildman–Crippen LogP) is 4.14. The van der Waals surface area contributed by atoms with Crippen molar-refractivity contribution < 1.29 is 9.53 Å². The van der Waals surface area contributed by atoms with Gasteiger partial charge < -0.3 is 10.1 Å². The molecular weight excluding hydrogens is 306 g/mol. The molecule has 0 amide bonds. The molecule has 0 saturated carbocycles. The Morgan fingerprint density at radius 2 is 2.05 bits per heavy atom. The zero-order valence-electron chi connectivity index (χ0n) is 11.4. The molecule has 0 saturated heterocycles. The number of halogens is 1. The predicted molar refractivity (Wildman–Crippen MR) is 80.4 cm³/mol. The molecule has 0 spiro atoms. The van der Waals surface area contributed by atoms with Crippen LogP contribution < -0.4 is 10.1 Å². The van der Waals surface area contributed by atoms with Crippen molar-refractivity contribution >= 4 is 27.4 Å². The van der Waals surface area contributed by atoms with Crippen LogP contribution in [0.3, 0.4) is 0 Å². The second-order valence-corrected chi connectivity index (χ2v) is 6.39. The minimum Gasteiger partial charge on any atom is -0.495 e. The van der Waals surface area contributed by atoms with Crippen LogP contribution in [-0.4, -0.2) is 12.9 Å². The summed E-state index contributed by atoms with van der Waals surface area (Å²) < 4.78 is 6.13. The molecular formula is C15H18BrNO2. The Bertz CT molecular complexity index is 535. The van der Waals surface area contributed by atoms with Crippen LogP contribution in [0.25, 0.3) is 0 Å². The van der Waals surface area contributed by atoms with E-state index in [1.54, 1.807) is 13.2 Å². The summed E-state index contributed by atoms with van der Waals surface area (Å²) in [5, 5.41) is 3.32. The van der Waals surface area contributed by atoms with Crippen LogP contribution >= 0.6 is 15.9 Å². The number of hydrogen-bond acceptors (Lipinski definition) is 3. The van der Waals surface area contributed by atoms with Gasteiger partial charge >= 0.3 is 0 Å². The summed E-state index contributed by atoms with van der Waals surface area (Å²) in [5.41, 5.74) is 1.88. The molecule has 0 bridgehead atoms. The van der Waals surface area contributed by atoms with Crippen molar-refractivity contribution in [2.45, 2.75) is 26.7 Å². The highest BCUT2D eigenvalue weighted by molar-refractivity contribution is 9.10. The molecule has 0 unspecified atom stereocenters. The van der Waals surface area contributed by atoms with Gasteiger partial charge in [0.15, 0.2) is 5.78 Å². The summed E-state index contributed by atoms with van der Waals surface area (Å²) in [5.74, 6) is 0.949. The van der Waals surface area contributed by atoms with Crippen LogP contribution in [0.4, 0.5) is 5.69 Å². The number of benzene rings is 1. The zero-order chi connectivity index (χ0) is 14.0. The molecule has 102 valence electrons. The van der Waals surface area contributed by atoms with E-state index in [0.717, 1.165) is 28.0 Å². The van der Waals surface area contributed by atoms with Gasteiger partial charge in [-0.1, -0.05) is 19.9 Å². The largest absolute Gasteiger partial charge is 0.495 e. The maximum Gasteiger partial charge on any atom is 0.157 e. The number of methoxy groups -OCH3 is 1. The highest BCUT2D eigenvalue weighted by Crippen LogP contribution is 2.37. The van der Waals surface area contributed by atoms with Crippen molar-refractivity contribution in [3.63, 3.8) is 0 Å². The molecule has 19 heavy (non-hydrogen) atoms. The fourth-order valence-electron chi connectivity index (χ4n) is 2.36. The van der Waals surface area contributed by atoms with Gasteiger partial charge in [-0.05, 0) is 39.9 Å². The monoisotopic (exact) mass is 323 g/mol. The van der Waals surface area contributed by atoms with E-state index >= 15 is 0 Å². The molecule has 0 aliphatic heterocycles. The Labute approximate surface area is 122 Å². The third-order valence-electron chi connectivity index (χ3n) is 3.14. The number of ketones is 1. The molecule has 1 aliphatic rings. The summed E-state index contributed by atoms with van der Waals surface area (Å²) >= 11 is 3.51. The Morgan fingerprint density at radius 3 is 2.68 bits per heavy atom. The average Bonchev–Trinajstić information content (AvgIpc) is 2.29. The number of anilines is 1. The molecule has 2 rings (SSSR count). The number of hydrogen-bond donors (Lipinski definition) is 1. The van der Waals surface area contributed by atoms with Crippen LogP contribution in [0.5, 0.6) is 5.75 Å². The lowest BCUT2D eigenvalue weighted by Crippen LogP contribution is -2.24. The van der Waals surface area contributed by atoms with E-state index < -0.39 is 0 Å². The molecule has 0 radical (unpaired) electrons. The highest BCUT2D eigenvalue weighted by atomic mass is 79.9. The van der Waals surface area contributed by atoms with Crippen molar-refractivity contribution in [1.82, 2.24) is 0 Å². The van der Waals surface area contributed by atoms with Crippen molar-refractivity contribution in [3.8, 4) is 5.75 Å². The maximum atomic E-state index is 11.7. The first-order valence-corrected chi connectivity index (χ1v) is 7.03. The summed E-state index contributed by atoms with van der Waals surface area (Å²) in [4.78, 5) is 11.7. The van der Waals surface area contributed by atoms with Gasteiger partial charge in [-0.3, -0.25) is 4.79 Å². The van der Waals surface area contributed by atoms with Gasteiger partial charge in [0.2, 0.25) is 0 Å². The lowest BCUT2D eigenvalue weighted by atomic mass is 9.79. The molecule has 1 N–H and O–H groups in total. The lowest BCUT2D eigenvalue weighted by molar-refractivity contribution is -0.117. The number of rotatable bonds is 3. The number of nitrogens with one attached hydrogen (secondary N) is 1. The van der Waals surface area contributed by atoms with Crippen molar-refractivity contribution in [2.24, 2.45) is 5.41 Å². The van der Waals surface area contributed by atoms with Gasteiger partial charge in [0, 0.05) is 18.2 Å². The van der Waals surface area contributed by atoms with Gasteiger partial charge in [0.1, 0.15) is 5.75 Å². The van der Waals surface area contributed by atoms with E-state index in [1.807, 2.05) is 18.2 Å². The maximum absolute atomic E-state index is 11.7. The van der Waals surface area contributed by atoms with E-state index in [1.165, 1.54) is 0 Å². The molecule has 0 fully saturated rings. The standard InChI is InChI=1S/C15H18BrNO2/c1-15(2)8-10(7-11(18)9-15)17-12-5-4-6-13(19-3)14(12)16/h4-7,17H,8-9H2,1-3H3. The third kappa shape index (κ3) is 3.38. The number of carbonyl (C=O) groups is 1. The fourth-order valence-corrected chi connectivity index (χ4v) is 2.89. The van der Waals surface area contributed by atoms with Crippen molar-refractivity contribution in [3.05, 3.63) is 34.4 Å². The van der Waals surface area contributed by atoms with E-state index in [-0.39, 0.29) is 11.2 Å². The molecule has 0 heterocycles. The first kappa shape index (κ1) is 14.1. The second-order valence-electron chi connectivity index (χ2n) is 5.60. The Morgan fingerprint density at radius 1 is 1.32 bits per heavy atom. The van der Waals surface area contributed by atoms with Gasteiger partial charge in [0.05, 0.1) is 17.3 Å². The fraction of sp³-hybridized carbons (Fsp3) is 0.400. The van der Waals surface area contributed by atoms with E-state index in [2.05, 4.69) is 35.1 Å². The Kier molecular flexibility index (Phi) is 3.99. The topological polar surface area (TPSA) is 38.3 Å². The zero-order valence-corrected chi connectivity index (χ0v) is 13.0. The molecule has 1 aliphatic carbocycles. The molecule has 0 aromatic heterocycles. The van der Waals surface area contributed by atoms with Crippen molar-refractivity contribution in [1.29, 1.82) is 0 Å². The van der Waals surface area contributed by atoms with Crippen LogP contribution in [0.15, 0.2) is 34.4 Å². The normalized spacial score (nSPS) is 17.9. The van der Waals surface area contributed by atoms with Gasteiger partial charge in [0.25, 0.3) is 0 Å². The smallest absolute Gasteiger partial charge is 0.157 e. The van der Waals surface area contributed by atoms with Gasteiger partial charge in [-0.2, -0.15) is 0 Å². The summed E-state index contributed by atoms with van der Waals surface area (Å²) in [6.45, 7) is 4.22. The van der Waals surface area contributed by atoms with Crippen LogP contribution in [0.2, 0.25) is 0 Å².